The summed E-state index contributed by atoms with van der Waals surface area (Å²) in [5.74, 6) is -0.188. The number of aromatic nitrogens is 1. The number of aryl methyl sites for hydroxylation is 1. The lowest BCUT2D eigenvalue weighted by atomic mass is 10.1. The molecule has 2 fully saturated rings. The zero-order valence-corrected chi connectivity index (χ0v) is 21.7. The molecular formula is C26H35N7O3S. The third kappa shape index (κ3) is 7.14. The van der Waals surface area contributed by atoms with E-state index < -0.39 is 6.04 Å². The molecule has 2 aliphatic rings. The Bertz CT molecular complexity index is 1090. The first kappa shape index (κ1) is 26.7. The molecule has 10 nitrogen and oxygen atoms in total. The molecule has 4 rings (SSSR count). The van der Waals surface area contributed by atoms with E-state index in [0.29, 0.717) is 56.9 Å². The number of guanidine groups is 1. The second kappa shape index (κ2) is 12.8. The van der Waals surface area contributed by atoms with E-state index in [1.807, 2.05) is 35.2 Å². The second-order valence-corrected chi connectivity index (χ2v) is 10.4. The standard InChI is InChI=1S/C26H35N7O3S/c27-26(28)30-12-4-7-20(23(35)25-29-13-16-37-25)31-24(36)21-10-9-19-17-32(14-15-33(19)21)22(34)11-8-18-5-2-1-3-6-18/h1-3,5-6,13,16,19-21H,4,7-12,14-15,17H2,(H,31,36)(H4,27,28,30)/t19-,20-,21-/m0/s1. The number of rotatable bonds is 11. The van der Waals surface area contributed by atoms with Gasteiger partial charge < -0.3 is 21.7 Å². The van der Waals surface area contributed by atoms with Gasteiger partial charge in [0.2, 0.25) is 17.6 Å². The van der Waals surface area contributed by atoms with Crippen molar-refractivity contribution in [3.05, 3.63) is 52.5 Å². The number of amides is 2. The van der Waals surface area contributed by atoms with Crippen LogP contribution in [0.2, 0.25) is 0 Å². The smallest absolute Gasteiger partial charge is 0.237 e. The summed E-state index contributed by atoms with van der Waals surface area (Å²) in [6.07, 6.45) is 5.31. The summed E-state index contributed by atoms with van der Waals surface area (Å²) in [5.41, 5.74) is 12.0. The average Bonchev–Trinajstić information content (AvgIpc) is 3.59. The molecule has 0 unspecified atom stereocenters. The lowest BCUT2D eigenvalue weighted by Crippen LogP contribution is -2.57. The minimum Gasteiger partial charge on any atom is -0.370 e. The minimum atomic E-state index is -0.687. The van der Waals surface area contributed by atoms with Crippen LogP contribution in [-0.4, -0.2) is 82.6 Å². The van der Waals surface area contributed by atoms with Gasteiger partial charge in [-0.2, -0.15) is 0 Å². The van der Waals surface area contributed by atoms with Gasteiger partial charge in [-0.25, -0.2) is 4.98 Å². The van der Waals surface area contributed by atoms with Gasteiger partial charge in [0.1, 0.15) is 0 Å². The van der Waals surface area contributed by atoms with Crippen LogP contribution < -0.4 is 16.8 Å². The van der Waals surface area contributed by atoms with Crippen LogP contribution in [0.1, 0.15) is 47.5 Å². The van der Waals surface area contributed by atoms with Gasteiger partial charge in [-0.05, 0) is 37.7 Å². The Balaban J connectivity index is 1.31. The Hall–Kier alpha value is -3.31. The molecular weight excluding hydrogens is 490 g/mol. The Kier molecular flexibility index (Phi) is 9.24. The number of nitrogens with two attached hydrogens (primary N) is 2. The maximum absolute atomic E-state index is 13.3. The van der Waals surface area contributed by atoms with Crippen molar-refractivity contribution in [3.8, 4) is 0 Å². The number of piperazine rings is 1. The summed E-state index contributed by atoms with van der Waals surface area (Å²) in [6.45, 7) is 2.27. The Morgan fingerprint density at radius 3 is 2.70 bits per heavy atom. The number of aliphatic imine (C=N–C) groups is 1. The highest BCUT2D eigenvalue weighted by atomic mass is 32.1. The van der Waals surface area contributed by atoms with Crippen LogP contribution in [0.15, 0.2) is 46.9 Å². The second-order valence-electron chi connectivity index (χ2n) is 9.52. The number of thiazole rings is 1. The SMILES string of the molecule is NC(N)=NCCC[C@H](NC(=O)[C@@H]1CC[C@H]2CN(C(=O)CCc3ccccc3)CCN21)C(=O)c1nccs1. The van der Waals surface area contributed by atoms with E-state index in [9.17, 15) is 14.4 Å². The minimum absolute atomic E-state index is 0.00141. The van der Waals surface area contributed by atoms with Crippen LogP contribution in [0.5, 0.6) is 0 Å². The fourth-order valence-electron chi connectivity index (χ4n) is 5.15. The molecule has 37 heavy (non-hydrogen) atoms. The number of benzene rings is 1. The molecule has 2 amide bonds. The molecule has 198 valence electrons. The quantitative estimate of drug-likeness (QED) is 0.173. The van der Waals surface area contributed by atoms with E-state index in [1.54, 1.807) is 11.6 Å². The highest BCUT2D eigenvalue weighted by Crippen LogP contribution is 2.28. The van der Waals surface area contributed by atoms with Gasteiger partial charge in [-0.15, -0.1) is 11.3 Å². The van der Waals surface area contributed by atoms with E-state index in [4.69, 9.17) is 11.5 Å². The largest absolute Gasteiger partial charge is 0.370 e. The summed E-state index contributed by atoms with van der Waals surface area (Å²) in [5, 5.41) is 5.10. The van der Waals surface area contributed by atoms with Crippen molar-refractivity contribution < 1.29 is 14.4 Å². The van der Waals surface area contributed by atoms with Crippen molar-refractivity contribution in [3.63, 3.8) is 0 Å². The van der Waals surface area contributed by atoms with Crippen LogP contribution in [0.4, 0.5) is 0 Å². The van der Waals surface area contributed by atoms with Gasteiger partial charge in [0.15, 0.2) is 11.0 Å². The number of Topliss-reactive ketones (excluding diaryl/α,β-unsaturated/α-hetero) is 1. The maximum Gasteiger partial charge on any atom is 0.237 e. The molecule has 0 saturated carbocycles. The van der Waals surface area contributed by atoms with Crippen LogP contribution in [-0.2, 0) is 16.0 Å². The van der Waals surface area contributed by atoms with Crippen LogP contribution in [0, 0.1) is 0 Å². The number of hydrogen-bond donors (Lipinski definition) is 3. The molecule has 0 radical (unpaired) electrons. The van der Waals surface area contributed by atoms with Crippen molar-refractivity contribution in [2.24, 2.45) is 16.5 Å². The van der Waals surface area contributed by atoms with Gasteiger partial charge in [-0.3, -0.25) is 24.3 Å². The van der Waals surface area contributed by atoms with E-state index >= 15 is 0 Å². The Morgan fingerprint density at radius 1 is 1.16 bits per heavy atom. The van der Waals surface area contributed by atoms with Crippen LogP contribution in [0.25, 0.3) is 0 Å². The van der Waals surface area contributed by atoms with Crippen molar-refractivity contribution in [2.45, 2.75) is 56.7 Å². The maximum atomic E-state index is 13.3. The van der Waals surface area contributed by atoms with Crippen molar-refractivity contribution in [1.29, 1.82) is 0 Å². The van der Waals surface area contributed by atoms with Crippen LogP contribution in [0.3, 0.4) is 0 Å². The number of hydrogen-bond acceptors (Lipinski definition) is 7. The van der Waals surface area contributed by atoms with E-state index in [0.717, 1.165) is 18.4 Å². The number of nitrogens with zero attached hydrogens (tertiary/aromatic N) is 4. The monoisotopic (exact) mass is 525 g/mol. The summed E-state index contributed by atoms with van der Waals surface area (Å²) in [6, 6.07) is 9.19. The van der Waals surface area contributed by atoms with Crippen molar-refractivity contribution in [1.82, 2.24) is 20.1 Å². The van der Waals surface area contributed by atoms with Gasteiger partial charge in [0.05, 0.1) is 12.1 Å². The topological polar surface area (TPSA) is 147 Å². The van der Waals surface area contributed by atoms with Crippen LogP contribution >= 0.6 is 11.3 Å². The highest BCUT2D eigenvalue weighted by Gasteiger charge is 2.42. The van der Waals surface area contributed by atoms with E-state index in [1.165, 1.54) is 11.3 Å². The van der Waals surface area contributed by atoms with E-state index in [-0.39, 0.29) is 35.6 Å². The number of fused-ring (bicyclic) bond motifs is 1. The first-order chi connectivity index (χ1) is 17.9. The molecule has 1 aromatic heterocycles. The average molecular weight is 526 g/mol. The Labute approximate surface area is 221 Å². The zero-order valence-electron chi connectivity index (χ0n) is 20.9. The van der Waals surface area contributed by atoms with Crippen molar-refractivity contribution in [2.75, 3.05) is 26.2 Å². The predicted octanol–water partition coefficient (Wildman–Crippen LogP) is 1.17. The summed E-state index contributed by atoms with van der Waals surface area (Å²) >= 11 is 1.26. The van der Waals surface area contributed by atoms with E-state index in [2.05, 4.69) is 20.2 Å². The summed E-state index contributed by atoms with van der Waals surface area (Å²) < 4.78 is 0. The lowest BCUT2D eigenvalue weighted by molar-refractivity contribution is -0.135. The zero-order chi connectivity index (χ0) is 26.2. The molecule has 2 aromatic rings. The molecule has 2 saturated heterocycles. The van der Waals surface area contributed by atoms with Gasteiger partial charge in [-0.1, -0.05) is 30.3 Å². The summed E-state index contributed by atoms with van der Waals surface area (Å²) in [7, 11) is 0. The molecule has 5 N–H and O–H groups in total. The molecule has 0 spiro atoms. The fraction of sp³-hybridized carbons (Fsp3) is 0.500. The molecule has 3 atom stereocenters. The first-order valence-corrected chi connectivity index (χ1v) is 13.7. The number of ketones is 1. The number of carbonyl (C=O) groups excluding carboxylic acids is 3. The fourth-order valence-corrected chi connectivity index (χ4v) is 5.78. The lowest BCUT2D eigenvalue weighted by Gasteiger charge is -2.40. The Morgan fingerprint density at radius 2 is 1.97 bits per heavy atom. The molecule has 2 aliphatic heterocycles. The normalized spacial score (nSPS) is 20.2. The predicted molar refractivity (Wildman–Crippen MR) is 143 cm³/mol. The third-order valence-electron chi connectivity index (χ3n) is 7.05. The molecule has 0 aliphatic carbocycles. The number of carbonyl (C=O) groups is 3. The van der Waals surface area contributed by atoms with Crippen molar-refractivity contribution >= 4 is 34.9 Å². The molecule has 1 aromatic carbocycles. The van der Waals surface area contributed by atoms with Gasteiger partial charge in [0.25, 0.3) is 0 Å². The van der Waals surface area contributed by atoms with Gasteiger partial charge >= 0.3 is 0 Å². The first-order valence-electron chi connectivity index (χ1n) is 12.8. The third-order valence-corrected chi connectivity index (χ3v) is 7.84. The highest BCUT2D eigenvalue weighted by molar-refractivity contribution is 7.11. The molecule has 3 heterocycles. The van der Waals surface area contributed by atoms with Gasteiger partial charge in [0, 0.05) is 50.2 Å². The summed E-state index contributed by atoms with van der Waals surface area (Å²) in [4.78, 5) is 51.4. The molecule has 11 heteroatoms. The number of nitrogens with one attached hydrogen (secondary N) is 1. The molecule has 0 bridgehead atoms.